The van der Waals surface area contributed by atoms with Gasteiger partial charge in [0.15, 0.2) is 0 Å². The monoisotopic (exact) mass is 355 g/mol. The molecular weight excluding hydrogens is 326 g/mol. The Kier molecular flexibility index (Phi) is 8.00. The van der Waals surface area contributed by atoms with Crippen LogP contribution in [-0.2, 0) is 4.79 Å². The first-order valence-electron chi connectivity index (χ1n) is 9.19. The van der Waals surface area contributed by atoms with E-state index in [1.807, 2.05) is 42.5 Å². The van der Waals surface area contributed by atoms with Crippen LogP contribution in [0.1, 0.15) is 44.7 Å². The number of hydrogen-bond acceptors (Lipinski definition) is 3. The second-order valence-electron chi connectivity index (χ2n) is 6.79. The molecule has 0 spiro atoms. The van der Waals surface area contributed by atoms with Crippen molar-refractivity contribution in [2.75, 3.05) is 13.7 Å². The molecule has 2 rings (SSSR count). The third kappa shape index (κ3) is 6.79. The van der Waals surface area contributed by atoms with Crippen LogP contribution in [0.4, 0.5) is 0 Å². The highest BCUT2D eigenvalue weighted by atomic mass is 16.5. The molecule has 140 valence electrons. The van der Waals surface area contributed by atoms with Crippen LogP contribution in [0.2, 0.25) is 0 Å². The van der Waals surface area contributed by atoms with E-state index >= 15 is 0 Å². The summed E-state index contributed by atoms with van der Waals surface area (Å²) in [6.07, 6.45) is 2.07. The molecule has 0 heterocycles. The van der Waals surface area contributed by atoms with Crippen LogP contribution in [0.15, 0.2) is 54.6 Å². The summed E-state index contributed by atoms with van der Waals surface area (Å²) in [5, 5.41) is 3.17. The Morgan fingerprint density at radius 3 is 2.27 bits per heavy atom. The Balaban J connectivity index is 1.76. The van der Waals surface area contributed by atoms with Gasteiger partial charge in [0.1, 0.15) is 11.5 Å². The maximum atomic E-state index is 12.3. The van der Waals surface area contributed by atoms with Gasteiger partial charge in [-0.1, -0.05) is 44.2 Å². The fourth-order valence-corrected chi connectivity index (χ4v) is 2.80. The van der Waals surface area contributed by atoms with E-state index in [4.69, 9.17) is 9.47 Å². The predicted molar refractivity (Wildman–Crippen MR) is 105 cm³/mol. The number of nitrogens with one attached hydrogen (secondary N) is 1. The van der Waals surface area contributed by atoms with Crippen LogP contribution < -0.4 is 14.8 Å². The second kappa shape index (κ2) is 10.5. The molecule has 2 aromatic carbocycles. The summed E-state index contributed by atoms with van der Waals surface area (Å²) in [7, 11) is 1.64. The largest absolute Gasteiger partial charge is 0.497 e. The highest BCUT2D eigenvalue weighted by molar-refractivity contribution is 5.76. The van der Waals surface area contributed by atoms with E-state index in [-0.39, 0.29) is 11.9 Å². The van der Waals surface area contributed by atoms with E-state index in [1.165, 1.54) is 0 Å². The molecule has 0 unspecified atom stereocenters. The van der Waals surface area contributed by atoms with Crippen molar-refractivity contribution in [2.45, 2.75) is 39.2 Å². The molecular formula is C22H29NO3. The minimum atomic E-state index is 0.0613. The quantitative estimate of drug-likeness (QED) is 0.625. The molecule has 0 aliphatic heterocycles. The van der Waals surface area contributed by atoms with E-state index < -0.39 is 0 Å². The van der Waals surface area contributed by atoms with Crippen molar-refractivity contribution in [1.29, 1.82) is 0 Å². The summed E-state index contributed by atoms with van der Waals surface area (Å²) in [6.45, 7) is 4.86. The summed E-state index contributed by atoms with van der Waals surface area (Å²) in [6, 6.07) is 17.7. The van der Waals surface area contributed by atoms with Crippen molar-refractivity contribution in [3.05, 3.63) is 60.2 Å². The van der Waals surface area contributed by atoms with E-state index in [9.17, 15) is 4.79 Å². The van der Waals surface area contributed by atoms with Crippen molar-refractivity contribution in [3.8, 4) is 11.5 Å². The van der Waals surface area contributed by atoms with E-state index in [1.54, 1.807) is 7.11 Å². The Bertz CT molecular complexity index is 653. The van der Waals surface area contributed by atoms with Gasteiger partial charge >= 0.3 is 0 Å². The summed E-state index contributed by atoms with van der Waals surface area (Å²) < 4.78 is 10.8. The smallest absolute Gasteiger partial charge is 0.220 e. The van der Waals surface area contributed by atoms with Crippen LogP contribution in [-0.4, -0.2) is 19.6 Å². The zero-order chi connectivity index (χ0) is 18.8. The zero-order valence-electron chi connectivity index (χ0n) is 15.9. The lowest BCUT2D eigenvalue weighted by molar-refractivity contribution is -0.122. The van der Waals surface area contributed by atoms with Crippen molar-refractivity contribution in [3.63, 3.8) is 0 Å². The summed E-state index contributed by atoms with van der Waals surface area (Å²) in [5.74, 6) is 2.17. The molecule has 4 nitrogen and oxygen atoms in total. The second-order valence-corrected chi connectivity index (χ2v) is 6.79. The van der Waals surface area contributed by atoms with Gasteiger partial charge in [0.25, 0.3) is 0 Å². The van der Waals surface area contributed by atoms with Gasteiger partial charge in [0.05, 0.1) is 19.8 Å². The van der Waals surface area contributed by atoms with Gasteiger partial charge in [-0.25, -0.2) is 0 Å². The first-order chi connectivity index (χ1) is 12.6. The number of hydrogen-bond donors (Lipinski definition) is 1. The molecule has 2 aromatic rings. The van der Waals surface area contributed by atoms with Crippen molar-refractivity contribution in [2.24, 2.45) is 5.92 Å². The maximum absolute atomic E-state index is 12.3. The molecule has 1 amide bonds. The van der Waals surface area contributed by atoms with Crippen LogP contribution >= 0.6 is 0 Å². The van der Waals surface area contributed by atoms with Crippen LogP contribution in [0, 0.1) is 5.92 Å². The number of amides is 1. The molecule has 0 aliphatic rings. The Morgan fingerprint density at radius 2 is 1.65 bits per heavy atom. The third-order valence-corrected chi connectivity index (χ3v) is 4.12. The van der Waals surface area contributed by atoms with Crippen LogP contribution in [0.3, 0.4) is 0 Å². The lowest BCUT2D eigenvalue weighted by Gasteiger charge is -2.21. The fraction of sp³-hybridized carbons (Fsp3) is 0.409. The Labute approximate surface area is 156 Å². The van der Waals surface area contributed by atoms with Crippen molar-refractivity contribution >= 4 is 5.91 Å². The summed E-state index contributed by atoms with van der Waals surface area (Å²) >= 11 is 0. The zero-order valence-corrected chi connectivity index (χ0v) is 15.9. The normalized spacial score (nSPS) is 11.8. The lowest BCUT2D eigenvalue weighted by Crippen LogP contribution is -2.29. The van der Waals surface area contributed by atoms with Gasteiger partial charge in [-0.15, -0.1) is 0 Å². The van der Waals surface area contributed by atoms with Crippen molar-refractivity contribution < 1.29 is 14.3 Å². The Morgan fingerprint density at radius 1 is 1.00 bits per heavy atom. The molecule has 0 aromatic heterocycles. The number of carbonyl (C=O) groups is 1. The minimum absolute atomic E-state index is 0.0613. The van der Waals surface area contributed by atoms with E-state index in [0.717, 1.165) is 23.5 Å². The standard InChI is InChI=1S/C22H29NO3/c1-17(2)16-21(18-8-5-4-6-9-18)23-22(24)10-7-15-26-20-13-11-19(25-3)12-14-20/h4-6,8-9,11-14,17,21H,7,10,15-16H2,1-3H3,(H,23,24)/t21-/m1/s1. The number of ether oxygens (including phenoxy) is 2. The van der Waals surface area contributed by atoms with Gasteiger partial charge in [0.2, 0.25) is 5.91 Å². The molecule has 1 N–H and O–H groups in total. The Hall–Kier alpha value is -2.49. The van der Waals surface area contributed by atoms with E-state index in [2.05, 4.69) is 31.3 Å². The summed E-state index contributed by atoms with van der Waals surface area (Å²) in [4.78, 5) is 12.3. The van der Waals surface area contributed by atoms with Gasteiger partial charge in [0, 0.05) is 6.42 Å². The SMILES string of the molecule is COc1ccc(OCCCC(=O)N[C@H](CC(C)C)c2ccccc2)cc1. The first kappa shape index (κ1) is 19.8. The van der Waals surface area contributed by atoms with Gasteiger partial charge in [-0.2, -0.15) is 0 Å². The third-order valence-electron chi connectivity index (χ3n) is 4.12. The van der Waals surface area contributed by atoms with E-state index in [0.29, 0.717) is 25.4 Å². The average Bonchev–Trinajstić information content (AvgIpc) is 2.65. The molecule has 0 saturated carbocycles. The summed E-state index contributed by atoms with van der Waals surface area (Å²) in [5.41, 5.74) is 1.16. The molecule has 26 heavy (non-hydrogen) atoms. The highest BCUT2D eigenvalue weighted by Crippen LogP contribution is 2.21. The average molecular weight is 355 g/mol. The van der Waals surface area contributed by atoms with Crippen LogP contribution in [0.5, 0.6) is 11.5 Å². The molecule has 0 aliphatic carbocycles. The first-order valence-corrected chi connectivity index (χ1v) is 9.19. The molecule has 0 saturated heterocycles. The van der Waals surface area contributed by atoms with Gasteiger partial charge in [-0.3, -0.25) is 4.79 Å². The number of rotatable bonds is 10. The topological polar surface area (TPSA) is 47.6 Å². The minimum Gasteiger partial charge on any atom is -0.497 e. The van der Waals surface area contributed by atoms with Gasteiger partial charge < -0.3 is 14.8 Å². The maximum Gasteiger partial charge on any atom is 0.220 e. The number of benzene rings is 2. The number of methoxy groups -OCH3 is 1. The van der Waals surface area contributed by atoms with Crippen molar-refractivity contribution in [1.82, 2.24) is 5.32 Å². The van der Waals surface area contributed by atoms with Gasteiger partial charge in [-0.05, 0) is 48.6 Å². The molecule has 0 fully saturated rings. The molecule has 4 heteroatoms. The molecule has 0 bridgehead atoms. The lowest BCUT2D eigenvalue weighted by atomic mass is 9.97. The fourth-order valence-electron chi connectivity index (χ4n) is 2.80. The molecule has 1 atom stereocenters. The van der Waals surface area contributed by atoms with Crippen LogP contribution in [0.25, 0.3) is 0 Å². The molecule has 0 radical (unpaired) electrons. The highest BCUT2D eigenvalue weighted by Gasteiger charge is 2.15. The predicted octanol–water partition coefficient (Wildman–Crippen LogP) is 4.76. The number of carbonyl (C=O) groups excluding carboxylic acids is 1.